The van der Waals surface area contributed by atoms with Crippen LogP contribution in [0.4, 0.5) is 4.79 Å². The Labute approximate surface area is 121 Å². The number of rotatable bonds is 7. The van der Waals surface area contributed by atoms with E-state index in [0.29, 0.717) is 13.2 Å². The highest BCUT2D eigenvalue weighted by molar-refractivity contribution is 5.75. The lowest BCUT2D eigenvalue weighted by atomic mass is 10.1. The van der Waals surface area contributed by atoms with Crippen LogP contribution >= 0.6 is 0 Å². The topological polar surface area (TPSA) is 50.4 Å². The van der Waals surface area contributed by atoms with Crippen molar-refractivity contribution in [3.8, 4) is 0 Å². The predicted octanol–water partition coefficient (Wildman–Crippen LogP) is 3.08. The second-order valence-electron chi connectivity index (χ2n) is 4.92. The third-order valence-corrected chi connectivity index (χ3v) is 2.63. The average Bonchev–Trinajstić information content (AvgIpc) is 2.40. The number of ether oxygens (including phenoxy) is 1. The number of aryl methyl sites for hydroxylation is 1. The van der Waals surface area contributed by atoms with Gasteiger partial charge in [-0.2, -0.15) is 0 Å². The third-order valence-electron chi connectivity index (χ3n) is 2.63. The number of hydrogen-bond acceptors (Lipinski definition) is 2. The molecule has 0 fully saturated rings. The molecule has 0 radical (unpaired) electrons. The van der Waals surface area contributed by atoms with Crippen molar-refractivity contribution in [3.05, 3.63) is 41.6 Å². The summed E-state index contributed by atoms with van der Waals surface area (Å²) in [7, 11) is 0. The van der Waals surface area contributed by atoms with Crippen molar-refractivity contribution < 1.29 is 9.53 Å². The molecule has 0 saturated heterocycles. The highest BCUT2D eigenvalue weighted by atomic mass is 16.5. The first-order chi connectivity index (χ1) is 9.58. The van der Waals surface area contributed by atoms with Gasteiger partial charge in [0.2, 0.25) is 0 Å². The maximum atomic E-state index is 11.5. The SMILES string of the molecule is Cc1ccc(/C=C/NC(=O)NCCCOC(C)C)cc1. The van der Waals surface area contributed by atoms with Crippen LogP contribution in [0.1, 0.15) is 31.4 Å². The third kappa shape index (κ3) is 7.59. The largest absolute Gasteiger partial charge is 0.379 e. The fourth-order valence-electron chi connectivity index (χ4n) is 1.54. The van der Waals surface area contributed by atoms with E-state index >= 15 is 0 Å². The van der Waals surface area contributed by atoms with Crippen LogP contribution < -0.4 is 10.6 Å². The molecule has 20 heavy (non-hydrogen) atoms. The van der Waals surface area contributed by atoms with E-state index in [0.717, 1.165) is 12.0 Å². The van der Waals surface area contributed by atoms with Crippen molar-refractivity contribution in [2.45, 2.75) is 33.3 Å². The number of amides is 2. The van der Waals surface area contributed by atoms with Crippen molar-refractivity contribution in [2.75, 3.05) is 13.2 Å². The highest BCUT2D eigenvalue weighted by Crippen LogP contribution is 2.04. The van der Waals surface area contributed by atoms with E-state index in [9.17, 15) is 4.79 Å². The van der Waals surface area contributed by atoms with Gasteiger partial charge in [0.1, 0.15) is 0 Å². The Balaban J connectivity index is 2.15. The van der Waals surface area contributed by atoms with E-state index in [1.807, 2.05) is 51.1 Å². The van der Waals surface area contributed by atoms with E-state index in [2.05, 4.69) is 10.6 Å². The van der Waals surface area contributed by atoms with Gasteiger partial charge in [0.05, 0.1) is 6.10 Å². The summed E-state index contributed by atoms with van der Waals surface area (Å²) in [4.78, 5) is 11.5. The molecule has 4 nitrogen and oxygen atoms in total. The van der Waals surface area contributed by atoms with Gasteiger partial charge in [-0.3, -0.25) is 0 Å². The van der Waals surface area contributed by atoms with Crippen LogP contribution in [0, 0.1) is 6.92 Å². The summed E-state index contributed by atoms with van der Waals surface area (Å²) in [6.45, 7) is 7.31. The lowest BCUT2D eigenvalue weighted by Crippen LogP contribution is -2.33. The van der Waals surface area contributed by atoms with Gasteiger partial charge in [0, 0.05) is 19.4 Å². The van der Waals surface area contributed by atoms with Gasteiger partial charge >= 0.3 is 6.03 Å². The molecule has 1 aromatic rings. The van der Waals surface area contributed by atoms with Crippen LogP contribution in [-0.4, -0.2) is 25.3 Å². The Bertz CT molecular complexity index is 425. The summed E-state index contributed by atoms with van der Waals surface area (Å²) in [5, 5.41) is 5.44. The van der Waals surface area contributed by atoms with Crippen molar-refractivity contribution in [3.63, 3.8) is 0 Å². The van der Waals surface area contributed by atoms with Crippen LogP contribution in [0.15, 0.2) is 30.5 Å². The molecule has 0 aliphatic carbocycles. The fourth-order valence-corrected chi connectivity index (χ4v) is 1.54. The van der Waals surface area contributed by atoms with Gasteiger partial charge in [0.25, 0.3) is 0 Å². The Hall–Kier alpha value is -1.81. The molecule has 0 spiro atoms. The quantitative estimate of drug-likeness (QED) is 0.752. The Kier molecular flexibility index (Phi) is 7.43. The van der Waals surface area contributed by atoms with E-state index < -0.39 is 0 Å². The summed E-state index contributed by atoms with van der Waals surface area (Å²) in [5.74, 6) is 0. The number of benzene rings is 1. The van der Waals surface area contributed by atoms with Crippen LogP contribution in [0.3, 0.4) is 0 Å². The summed E-state index contributed by atoms with van der Waals surface area (Å²) >= 11 is 0. The van der Waals surface area contributed by atoms with Gasteiger partial charge in [-0.1, -0.05) is 29.8 Å². The van der Waals surface area contributed by atoms with Crippen LogP contribution in [-0.2, 0) is 4.74 Å². The van der Waals surface area contributed by atoms with Crippen LogP contribution in [0.25, 0.3) is 6.08 Å². The molecule has 2 amide bonds. The van der Waals surface area contributed by atoms with Crippen molar-refractivity contribution >= 4 is 12.1 Å². The predicted molar refractivity (Wildman–Crippen MR) is 82.5 cm³/mol. The van der Waals surface area contributed by atoms with Gasteiger partial charge in [-0.05, 0) is 38.8 Å². The van der Waals surface area contributed by atoms with E-state index in [1.54, 1.807) is 6.20 Å². The van der Waals surface area contributed by atoms with Gasteiger partial charge in [-0.25, -0.2) is 4.79 Å². The zero-order valence-electron chi connectivity index (χ0n) is 12.5. The molecule has 2 N–H and O–H groups in total. The summed E-state index contributed by atoms with van der Waals surface area (Å²) in [5.41, 5.74) is 2.28. The molecular formula is C16H24N2O2. The van der Waals surface area contributed by atoms with Crippen molar-refractivity contribution in [2.24, 2.45) is 0 Å². The Morgan fingerprint density at radius 2 is 2.00 bits per heavy atom. The van der Waals surface area contributed by atoms with Crippen LogP contribution in [0.2, 0.25) is 0 Å². The molecule has 0 aliphatic heterocycles. The summed E-state index contributed by atoms with van der Waals surface area (Å²) in [6.07, 6.45) is 4.56. The number of hydrogen-bond donors (Lipinski definition) is 2. The minimum absolute atomic E-state index is 0.196. The van der Waals surface area contributed by atoms with Crippen LogP contribution in [0.5, 0.6) is 0 Å². The minimum Gasteiger partial charge on any atom is -0.379 e. The number of nitrogens with one attached hydrogen (secondary N) is 2. The minimum atomic E-state index is -0.196. The zero-order valence-corrected chi connectivity index (χ0v) is 12.5. The number of carbonyl (C=O) groups excluding carboxylic acids is 1. The van der Waals surface area contributed by atoms with Crippen molar-refractivity contribution in [1.82, 2.24) is 10.6 Å². The summed E-state index contributed by atoms with van der Waals surface area (Å²) < 4.78 is 5.39. The van der Waals surface area contributed by atoms with E-state index in [1.165, 1.54) is 5.56 Å². The maximum Gasteiger partial charge on any atom is 0.318 e. The zero-order chi connectivity index (χ0) is 14.8. The maximum absolute atomic E-state index is 11.5. The molecule has 0 heterocycles. The fraction of sp³-hybridized carbons (Fsp3) is 0.438. The molecule has 1 aromatic carbocycles. The smallest absolute Gasteiger partial charge is 0.318 e. The molecule has 110 valence electrons. The average molecular weight is 276 g/mol. The lowest BCUT2D eigenvalue weighted by molar-refractivity contribution is 0.0774. The molecule has 0 bridgehead atoms. The van der Waals surface area contributed by atoms with Gasteiger partial charge in [0.15, 0.2) is 0 Å². The Morgan fingerprint density at radius 1 is 1.30 bits per heavy atom. The lowest BCUT2D eigenvalue weighted by Gasteiger charge is -2.07. The van der Waals surface area contributed by atoms with Gasteiger partial charge in [-0.15, -0.1) is 0 Å². The number of urea groups is 1. The molecule has 4 heteroatoms. The highest BCUT2D eigenvalue weighted by Gasteiger charge is 1.97. The van der Waals surface area contributed by atoms with Crippen molar-refractivity contribution in [1.29, 1.82) is 0 Å². The Morgan fingerprint density at radius 3 is 2.65 bits per heavy atom. The monoisotopic (exact) mass is 276 g/mol. The first-order valence-corrected chi connectivity index (χ1v) is 6.97. The summed E-state index contributed by atoms with van der Waals surface area (Å²) in [6, 6.07) is 7.89. The molecule has 0 aliphatic rings. The molecular weight excluding hydrogens is 252 g/mol. The normalized spacial score (nSPS) is 11.0. The first kappa shape index (κ1) is 16.2. The molecule has 0 saturated carbocycles. The molecule has 0 unspecified atom stereocenters. The standard InChI is InChI=1S/C16H24N2O2/c1-13(2)20-12-4-10-17-16(19)18-11-9-15-7-5-14(3)6-8-15/h5-9,11,13H,4,10,12H2,1-3H3,(H2,17,18,19)/b11-9+. The molecule has 0 aromatic heterocycles. The molecule has 1 rings (SSSR count). The molecule has 0 atom stereocenters. The van der Waals surface area contributed by atoms with E-state index in [-0.39, 0.29) is 12.1 Å². The second-order valence-corrected chi connectivity index (χ2v) is 4.92. The first-order valence-electron chi connectivity index (χ1n) is 6.97. The van der Waals surface area contributed by atoms with Gasteiger partial charge < -0.3 is 15.4 Å². The second kappa shape index (κ2) is 9.15. The number of carbonyl (C=O) groups is 1. The van der Waals surface area contributed by atoms with E-state index in [4.69, 9.17) is 4.74 Å².